The van der Waals surface area contributed by atoms with E-state index in [1.54, 1.807) is 6.07 Å². The Morgan fingerprint density at radius 1 is 1.12 bits per heavy atom. The Kier molecular flexibility index (Phi) is 6.77. The van der Waals surface area contributed by atoms with Crippen LogP contribution in [-0.2, 0) is 4.79 Å². The molecule has 4 rings (SSSR count). The second-order valence-corrected chi connectivity index (χ2v) is 9.19. The van der Waals surface area contributed by atoms with Crippen molar-refractivity contribution in [3.05, 3.63) is 42.5 Å². The third-order valence-corrected chi connectivity index (χ3v) is 6.33. The first-order valence-electron chi connectivity index (χ1n) is 9.78. The van der Waals surface area contributed by atoms with E-state index in [1.165, 1.54) is 34.9 Å². The van der Waals surface area contributed by atoms with Crippen molar-refractivity contribution in [2.75, 3.05) is 37.8 Å². The number of aromatic nitrogens is 2. The highest BCUT2D eigenvalue weighted by Crippen LogP contribution is 2.34. The topological polar surface area (TPSA) is 71.7 Å². The Morgan fingerprint density at radius 2 is 1.91 bits per heavy atom. The first kappa shape index (κ1) is 23.3. The number of rotatable bonds is 8. The van der Waals surface area contributed by atoms with Crippen LogP contribution >= 0.6 is 23.1 Å². The van der Waals surface area contributed by atoms with E-state index in [4.69, 9.17) is 4.42 Å². The average molecular weight is 497 g/mol. The predicted octanol–water partition coefficient (Wildman–Crippen LogP) is 5.02. The molecule has 7 nitrogen and oxygen atoms in total. The van der Waals surface area contributed by atoms with Crippen LogP contribution in [-0.4, -0.2) is 60.1 Å². The number of benzene rings is 2. The minimum absolute atomic E-state index is 0.0681. The number of alkyl halides is 3. The molecule has 174 valence electrons. The third kappa shape index (κ3) is 5.95. The van der Waals surface area contributed by atoms with Crippen LogP contribution in [0.4, 0.5) is 18.3 Å². The molecular formula is C21H19F3N4O3S2. The summed E-state index contributed by atoms with van der Waals surface area (Å²) in [5, 5.41) is 0.787. The van der Waals surface area contributed by atoms with Crippen molar-refractivity contribution >= 4 is 55.5 Å². The number of nitrogens with zero attached hydrogens (tertiary/aromatic N) is 4. The van der Waals surface area contributed by atoms with Gasteiger partial charge in [-0.25, -0.2) is 9.97 Å². The smallest absolute Gasteiger partial charge is 0.431 e. The lowest BCUT2D eigenvalue weighted by atomic mass is 10.3. The van der Waals surface area contributed by atoms with Crippen molar-refractivity contribution in [1.29, 1.82) is 0 Å². The molecule has 33 heavy (non-hydrogen) atoms. The van der Waals surface area contributed by atoms with Gasteiger partial charge in [0.25, 0.3) is 5.22 Å². The second kappa shape index (κ2) is 9.57. The summed E-state index contributed by atoms with van der Waals surface area (Å²) in [6.07, 6.45) is -4.78. The summed E-state index contributed by atoms with van der Waals surface area (Å²) in [4.78, 5) is 25.4. The Balaban J connectivity index is 1.53. The molecule has 2 aromatic heterocycles. The number of anilines is 1. The fourth-order valence-corrected chi connectivity index (χ4v) is 4.70. The van der Waals surface area contributed by atoms with Crippen molar-refractivity contribution in [3.63, 3.8) is 0 Å². The van der Waals surface area contributed by atoms with Crippen molar-refractivity contribution in [2.45, 2.75) is 11.6 Å². The van der Waals surface area contributed by atoms with Gasteiger partial charge < -0.3 is 14.1 Å². The SMILES string of the molecule is CN(C)CCN(C(=O)CSc1nc2ccccc2o1)c1nc2ccc(OC(F)(F)F)cc2s1. The molecule has 2 heterocycles. The number of amides is 1. The summed E-state index contributed by atoms with van der Waals surface area (Å²) in [5.74, 6) is -0.476. The number of carbonyl (C=O) groups is 1. The van der Waals surface area contributed by atoms with Crippen molar-refractivity contribution < 1.29 is 27.1 Å². The Hall–Kier alpha value is -2.83. The molecule has 0 unspecified atom stereocenters. The number of oxazole rings is 1. The fourth-order valence-electron chi connectivity index (χ4n) is 2.95. The quantitative estimate of drug-likeness (QED) is 0.317. The Morgan fingerprint density at radius 3 is 2.64 bits per heavy atom. The highest BCUT2D eigenvalue weighted by atomic mass is 32.2. The summed E-state index contributed by atoms with van der Waals surface area (Å²) < 4.78 is 47.8. The van der Waals surface area contributed by atoms with Crippen LogP contribution in [0.25, 0.3) is 21.3 Å². The number of para-hydroxylation sites is 2. The number of carbonyl (C=O) groups excluding carboxylic acids is 1. The van der Waals surface area contributed by atoms with E-state index in [9.17, 15) is 18.0 Å². The van der Waals surface area contributed by atoms with Gasteiger partial charge in [0.05, 0.1) is 16.0 Å². The summed E-state index contributed by atoms with van der Waals surface area (Å²) in [6.45, 7) is 0.948. The number of thioether (sulfide) groups is 1. The number of thiazole rings is 1. The van der Waals surface area contributed by atoms with Crippen LogP contribution < -0.4 is 9.64 Å². The molecule has 0 fully saturated rings. The van der Waals surface area contributed by atoms with E-state index in [2.05, 4.69) is 14.7 Å². The van der Waals surface area contributed by atoms with Gasteiger partial charge in [0.2, 0.25) is 5.91 Å². The lowest BCUT2D eigenvalue weighted by Crippen LogP contribution is -2.37. The normalized spacial score (nSPS) is 12.1. The number of likely N-dealkylation sites (N-methyl/N-ethyl adjacent to an activating group) is 1. The van der Waals surface area contributed by atoms with Crippen LogP contribution in [0.2, 0.25) is 0 Å². The van der Waals surface area contributed by atoms with E-state index in [1.807, 2.05) is 37.2 Å². The average Bonchev–Trinajstić information content (AvgIpc) is 3.34. The molecule has 0 saturated heterocycles. The van der Waals surface area contributed by atoms with E-state index < -0.39 is 6.36 Å². The van der Waals surface area contributed by atoms with Crippen LogP contribution in [0.1, 0.15) is 0 Å². The standard InChI is InChI=1S/C21H19F3N4O3S2/c1-27(2)9-10-28(18(29)12-32-20-26-14-5-3-4-6-16(14)30-20)19-25-15-8-7-13(11-17(15)33-19)31-21(22,23)24/h3-8,11H,9-10,12H2,1-2H3. The summed E-state index contributed by atoms with van der Waals surface area (Å²) >= 11 is 2.31. The molecule has 0 radical (unpaired) electrons. The lowest BCUT2D eigenvalue weighted by Gasteiger charge is -2.21. The van der Waals surface area contributed by atoms with Gasteiger partial charge in [0, 0.05) is 19.2 Å². The number of hydrogen-bond acceptors (Lipinski definition) is 8. The zero-order valence-electron chi connectivity index (χ0n) is 17.6. The highest BCUT2D eigenvalue weighted by molar-refractivity contribution is 7.99. The molecule has 0 saturated carbocycles. The molecule has 12 heteroatoms. The monoisotopic (exact) mass is 496 g/mol. The van der Waals surface area contributed by atoms with Crippen molar-refractivity contribution in [1.82, 2.24) is 14.9 Å². The van der Waals surface area contributed by atoms with E-state index in [0.717, 1.165) is 11.3 Å². The number of halogens is 3. The molecular weight excluding hydrogens is 477 g/mol. The molecule has 0 atom stereocenters. The lowest BCUT2D eigenvalue weighted by molar-refractivity contribution is -0.274. The molecule has 2 aromatic carbocycles. The van der Waals surface area contributed by atoms with Gasteiger partial charge in [0.15, 0.2) is 10.7 Å². The molecule has 0 aliphatic heterocycles. The minimum Gasteiger partial charge on any atom is -0.431 e. The Labute approximate surface area is 195 Å². The van der Waals surface area contributed by atoms with Gasteiger partial charge in [-0.05, 0) is 38.4 Å². The van der Waals surface area contributed by atoms with E-state index in [0.29, 0.717) is 44.8 Å². The molecule has 1 amide bonds. The van der Waals surface area contributed by atoms with Gasteiger partial charge in [-0.1, -0.05) is 35.2 Å². The zero-order chi connectivity index (χ0) is 23.6. The fraction of sp³-hybridized carbons (Fsp3) is 0.286. The number of fused-ring (bicyclic) bond motifs is 2. The van der Waals surface area contributed by atoms with Crippen LogP contribution in [0.3, 0.4) is 0 Å². The van der Waals surface area contributed by atoms with Crippen molar-refractivity contribution in [3.8, 4) is 5.75 Å². The van der Waals surface area contributed by atoms with Gasteiger partial charge in [0.1, 0.15) is 11.3 Å². The maximum absolute atomic E-state index is 13.1. The highest BCUT2D eigenvalue weighted by Gasteiger charge is 2.31. The largest absolute Gasteiger partial charge is 0.573 e. The van der Waals surface area contributed by atoms with Crippen molar-refractivity contribution in [2.24, 2.45) is 0 Å². The maximum atomic E-state index is 13.1. The number of hydrogen-bond donors (Lipinski definition) is 0. The van der Waals surface area contributed by atoms with E-state index in [-0.39, 0.29) is 17.4 Å². The van der Waals surface area contributed by atoms with E-state index >= 15 is 0 Å². The Bertz CT molecular complexity index is 1240. The maximum Gasteiger partial charge on any atom is 0.573 e. The minimum atomic E-state index is -4.78. The third-order valence-electron chi connectivity index (χ3n) is 4.48. The summed E-state index contributed by atoms with van der Waals surface area (Å²) in [7, 11) is 3.77. The molecule has 0 bridgehead atoms. The molecule has 0 spiro atoms. The summed E-state index contributed by atoms with van der Waals surface area (Å²) in [5.41, 5.74) is 1.83. The van der Waals surface area contributed by atoms with Gasteiger partial charge in [-0.3, -0.25) is 9.69 Å². The van der Waals surface area contributed by atoms with Crippen LogP contribution in [0.15, 0.2) is 52.1 Å². The summed E-state index contributed by atoms with van der Waals surface area (Å²) in [6, 6.07) is 11.2. The molecule has 0 aliphatic carbocycles. The first-order chi connectivity index (χ1) is 15.7. The van der Waals surface area contributed by atoms with Crippen LogP contribution in [0.5, 0.6) is 5.75 Å². The number of ether oxygens (including phenoxy) is 1. The second-order valence-electron chi connectivity index (χ2n) is 7.26. The van der Waals surface area contributed by atoms with Crippen LogP contribution in [0, 0.1) is 0 Å². The first-order valence-corrected chi connectivity index (χ1v) is 11.6. The van der Waals surface area contributed by atoms with Gasteiger partial charge in [-0.2, -0.15) is 0 Å². The molecule has 0 aliphatic rings. The van der Waals surface area contributed by atoms with Gasteiger partial charge >= 0.3 is 6.36 Å². The predicted molar refractivity (Wildman–Crippen MR) is 122 cm³/mol. The molecule has 4 aromatic rings. The van der Waals surface area contributed by atoms with Gasteiger partial charge in [-0.15, -0.1) is 13.2 Å². The zero-order valence-corrected chi connectivity index (χ0v) is 19.3. The molecule has 0 N–H and O–H groups in total.